The molecular formula is C33H38O2. The Kier molecular flexibility index (Phi) is 8.95. The van der Waals surface area contributed by atoms with Gasteiger partial charge in [-0.05, 0) is 78.3 Å². The van der Waals surface area contributed by atoms with Crippen molar-refractivity contribution in [3.05, 3.63) is 101 Å². The Morgan fingerprint density at radius 3 is 2.06 bits per heavy atom. The molecule has 1 atom stereocenters. The highest BCUT2D eigenvalue weighted by Crippen LogP contribution is 2.32. The topological polar surface area (TPSA) is 26.3 Å². The molecule has 1 unspecified atom stereocenters. The first-order valence-electron chi connectivity index (χ1n) is 13.2. The zero-order valence-corrected chi connectivity index (χ0v) is 21.2. The van der Waals surface area contributed by atoms with Crippen molar-refractivity contribution in [1.82, 2.24) is 0 Å². The van der Waals surface area contributed by atoms with Gasteiger partial charge in [-0.15, -0.1) is 0 Å². The first kappa shape index (κ1) is 25.0. The smallest absolute Gasteiger partial charge is 0.314 e. The van der Waals surface area contributed by atoms with Gasteiger partial charge < -0.3 is 4.74 Å². The van der Waals surface area contributed by atoms with Crippen LogP contribution in [0.5, 0.6) is 5.75 Å². The summed E-state index contributed by atoms with van der Waals surface area (Å²) >= 11 is 0. The van der Waals surface area contributed by atoms with Gasteiger partial charge in [0.05, 0.1) is 5.92 Å². The van der Waals surface area contributed by atoms with Crippen LogP contribution in [0.2, 0.25) is 0 Å². The first-order valence-corrected chi connectivity index (χ1v) is 13.2. The minimum Gasteiger partial charge on any atom is -0.426 e. The third-order valence-corrected chi connectivity index (χ3v) is 7.33. The van der Waals surface area contributed by atoms with Crippen LogP contribution < -0.4 is 4.74 Å². The van der Waals surface area contributed by atoms with Crippen LogP contribution in [0.15, 0.2) is 78.9 Å². The molecule has 0 N–H and O–H groups in total. The van der Waals surface area contributed by atoms with Gasteiger partial charge in [0.2, 0.25) is 0 Å². The van der Waals surface area contributed by atoms with Crippen LogP contribution in [-0.2, 0) is 11.2 Å². The molecule has 3 aromatic carbocycles. The number of esters is 1. The van der Waals surface area contributed by atoms with Crippen molar-refractivity contribution in [3.63, 3.8) is 0 Å². The number of hydrogen-bond donors (Lipinski definition) is 0. The van der Waals surface area contributed by atoms with Crippen LogP contribution in [0, 0.1) is 11.8 Å². The number of ether oxygens (including phenoxy) is 1. The normalized spacial score (nSPS) is 18.9. The number of hydrogen-bond acceptors (Lipinski definition) is 2. The van der Waals surface area contributed by atoms with Gasteiger partial charge in [-0.25, -0.2) is 0 Å². The summed E-state index contributed by atoms with van der Waals surface area (Å²) in [7, 11) is 0. The third-order valence-electron chi connectivity index (χ3n) is 7.33. The number of benzene rings is 3. The predicted molar refractivity (Wildman–Crippen MR) is 146 cm³/mol. The maximum atomic E-state index is 12.6. The molecule has 182 valence electrons. The van der Waals surface area contributed by atoms with E-state index in [0.29, 0.717) is 11.7 Å². The van der Waals surface area contributed by atoms with E-state index in [1.165, 1.54) is 29.5 Å². The third kappa shape index (κ3) is 7.42. The summed E-state index contributed by atoms with van der Waals surface area (Å²) < 4.78 is 5.68. The van der Waals surface area contributed by atoms with Crippen molar-refractivity contribution in [3.8, 4) is 5.75 Å². The van der Waals surface area contributed by atoms with Gasteiger partial charge in [0.1, 0.15) is 5.75 Å². The van der Waals surface area contributed by atoms with Gasteiger partial charge in [-0.2, -0.15) is 0 Å². The maximum Gasteiger partial charge on any atom is 0.314 e. The van der Waals surface area contributed by atoms with Crippen molar-refractivity contribution in [2.75, 3.05) is 0 Å². The second-order valence-corrected chi connectivity index (χ2v) is 10.1. The minimum atomic E-state index is -0.0649. The Morgan fingerprint density at radius 2 is 1.46 bits per heavy atom. The molecule has 2 heteroatoms. The molecule has 0 aliphatic heterocycles. The molecule has 0 spiro atoms. The van der Waals surface area contributed by atoms with Crippen LogP contribution in [0.3, 0.4) is 0 Å². The minimum absolute atomic E-state index is 0.0568. The van der Waals surface area contributed by atoms with Crippen LogP contribution in [0.25, 0.3) is 12.2 Å². The highest BCUT2D eigenvalue weighted by Gasteiger charge is 2.27. The van der Waals surface area contributed by atoms with E-state index >= 15 is 0 Å². The van der Waals surface area contributed by atoms with E-state index in [9.17, 15) is 4.79 Å². The van der Waals surface area contributed by atoms with E-state index in [1.807, 2.05) is 24.3 Å². The molecule has 0 heterocycles. The monoisotopic (exact) mass is 466 g/mol. The standard InChI is InChI=1S/C33H38O2/c1-3-7-26-16-20-31(21-17-26)33(34)35-32-22-18-28(19-23-32)11-10-27-12-14-29(15-13-27)24-25(2)30-8-5-4-6-9-30/h4-6,8-15,18-19,22-23,25-26,31H,3,7,16-17,20-21,24H2,1-2H3/b11-10+. The fourth-order valence-corrected chi connectivity index (χ4v) is 5.15. The molecule has 1 aliphatic carbocycles. The molecule has 0 radical (unpaired) electrons. The molecule has 0 amide bonds. The summed E-state index contributed by atoms with van der Waals surface area (Å²) in [4.78, 5) is 12.6. The van der Waals surface area contributed by atoms with E-state index in [-0.39, 0.29) is 11.9 Å². The van der Waals surface area contributed by atoms with E-state index in [4.69, 9.17) is 4.74 Å². The van der Waals surface area contributed by atoms with E-state index in [0.717, 1.165) is 43.6 Å². The molecule has 1 saturated carbocycles. The zero-order valence-electron chi connectivity index (χ0n) is 21.2. The summed E-state index contributed by atoms with van der Waals surface area (Å²) in [6, 6.07) is 27.3. The Morgan fingerprint density at radius 1 is 0.857 bits per heavy atom. The van der Waals surface area contributed by atoms with Crippen LogP contribution in [0.1, 0.15) is 80.5 Å². The largest absolute Gasteiger partial charge is 0.426 e. The lowest BCUT2D eigenvalue weighted by molar-refractivity contribution is -0.140. The SMILES string of the molecule is CCCC1CCC(C(=O)Oc2ccc(/C=C/c3ccc(CC(C)c4ccccc4)cc3)cc2)CC1. The lowest BCUT2D eigenvalue weighted by atomic mass is 9.80. The molecule has 0 bridgehead atoms. The first-order chi connectivity index (χ1) is 17.1. The number of rotatable bonds is 9. The summed E-state index contributed by atoms with van der Waals surface area (Å²) in [5, 5.41) is 0. The van der Waals surface area contributed by atoms with Crippen molar-refractivity contribution in [2.24, 2.45) is 11.8 Å². The summed E-state index contributed by atoms with van der Waals surface area (Å²) in [5.74, 6) is 1.93. The van der Waals surface area contributed by atoms with Crippen molar-refractivity contribution < 1.29 is 9.53 Å². The van der Waals surface area contributed by atoms with Gasteiger partial charge in [-0.1, -0.05) is 106 Å². The van der Waals surface area contributed by atoms with Gasteiger partial charge in [0.25, 0.3) is 0 Å². The molecule has 0 saturated heterocycles. The second kappa shape index (κ2) is 12.5. The molecule has 3 aromatic rings. The number of carbonyl (C=O) groups is 1. The Labute approximate surface area is 211 Å². The van der Waals surface area contributed by atoms with E-state index < -0.39 is 0 Å². The molecule has 0 aromatic heterocycles. The Hall–Kier alpha value is -3.13. The summed E-state index contributed by atoms with van der Waals surface area (Å²) in [6.07, 6.45) is 12.0. The summed E-state index contributed by atoms with van der Waals surface area (Å²) in [5.41, 5.74) is 5.00. The quantitative estimate of drug-likeness (QED) is 0.179. The van der Waals surface area contributed by atoms with Gasteiger partial charge in [0, 0.05) is 0 Å². The molecule has 2 nitrogen and oxygen atoms in total. The van der Waals surface area contributed by atoms with Crippen molar-refractivity contribution in [2.45, 2.75) is 64.7 Å². The average molecular weight is 467 g/mol. The summed E-state index contributed by atoms with van der Waals surface area (Å²) in [6.45, 7) is 4.52. The van der Waals surface area contributed by atoms with E-state index in [2.05, 4.69) is 80.6 Å². The molecule has 35 heavy (non-hydrogen) atoms. The highest BCUT2D eigenvalue weighted by molar-refractivity contribution is 5.75. The van der Waals surface area contributed by atoms with Crippen LogP contribution >= 0.6 is 0 Å². The fraction of sp³-hybridized carbons (Fsp3) is 0.364. The maximum absolute atomic E-state index is 12.6. The van der Waals surface area contributed by atoms with Crippen molar-refractivity contribution in [1.29, 1.82) is 0 Å². The lowest BCUT2D eigenvalue weighted by Crippen LogP contribution is -2.25. The van der Waals surface area contributed by atoms with Gasteiger partial charge in [0.15, 0.2) is 0 Å². The number of carbonyl (C=O) groups excluding carboxylic acids is 1. The van der Waals surface area contributed by atoms with Gasteiger partial charge >= 0.3 is 5.97 Å². The molecule has 4 rings (SSSR count). The second-order valence-electron chi connectivity index (χ2n) is 10.1. The Balaban J connectivity index is 1.26. The van der Waals surface area contributed by atoms with Crippen molar-refractivity contribution >= 4 is 18.1 Å². The van der Waals surface area contributed by atoms with Crippen LogP contribution in [0.4, 0.5) is 0 Å². The van der Waals surface area contributed by atoms with Gasteiger partial charge in [-0.3, -0.25) is 4.79 Å². The average Bonchev–Trinajstić information content (AvgIpc) is 2.90. The highest BCUT2D eigenvalue weighted by atomic mass is 16.5. The lowest BCUT2D eigenvalue weighted by Gasteiger charge is -2.26. The fourth-order valence-electron chi connectivity index (χ4n) is 5.15. The molecule has 1 fully saturated rings. The predicted octanol–water partition coefficient (Wildman–Crippen LogP) is 8.72. The molecule has 1 aliphatic rings. The van der Waals surface area contributed by atoms with E-state index in [1.54, 1.807) is 0 Å². The molecular weight excluding hydrogens is 428 g/mol. The van der Waals surface area contributed by atoms with Crippen LogP contribution in [-0.4, -0.2) is 5.97 Å². The zero-order chi connectivity index (χ0) is 24.5. The Bertz CT molecular complexity index is 1070.